The Bertz CT molecular complexity index is 1690. The maximum Gasteiger partial charge on any atom is 0.306 e. The molecule has 0 N–H and O–H groups in total. The molecule has 0 aliphatic heterocycles. The smallest absolute Gasteiger partial charge is 0.306 e. The number of carbonyl (C=O) groups excluding carboxylic acids is 3. The summed E-state index contributed by atoms with van der Waals surface area (Å²) in [6, 6.07) is 0. The van der Waals surface area contributed by atoms with E-state index in [-0.39, 0.29) is 50.4 Å². The molecule has 0 bridgehead atoms. The zero-order chi connectivity index (χ0) is 51.4. The highest BCUT2D eigenvalue weighted by Crippen LogP contribution is 2.12. The number of carbonyl (C=O) groups is 3. The average Bonchev–Trinajstić information content (AvgIpc) is 3.37. The van der Waals surface area contributed by atoms with Crippen molar-refractivity contribution in [2.45, 2.75) is 207 Å². The molecule has 0 aromatic rings. The Balaban J connectivity index is 4.63. The summed E-state index contributed by atoms with van der Waals surface area (Å²) in [5.41, 5.74) is 0. The Morgan fingerprint density at radius 2 is 0.535 bits per heavy atom. The van der Waals surface area contributed by atoms with Gasteiger partial charge in [-0.2, -0.15) is 0 Å². The molecule has 0 amide bonds. The van der Waals surface area contributed by atoms with Gasteiger partial charge in [0.05, 0.1) is 0 Å². The van der Waals surface area contributed by atoms with E-state index < -0.39 is 6.10 Å². The normalized spacial score (nSPS) is 13.5. The molecule has 71 heavy (non-hydrogen) atoms. The molecule has 0 radical (unpaired) electrons. The van der Waals surface area contributed by atoms with Crippen molar-refractivity contribution in [2.75, 3.05) is 13.2 Å². The van der Waals surface area contributed by atoms with Gasteiger partial charge in [-0.05, 0) is 135 Å². The summed E-state index contributed by atoms with van der Waals surface area (Å²) in [6.45, 7) is 6.16. The van der Waals surface area contributed by atoms with E-state index >= 15 is 0 Å². The summed E-state index contributed by atoms with van der Waals surface area (Å²) >= 11 is 0. The van der Waals surface area contributed by atoms with Crippen molar-refractivity contribution in [3.8, 4) is 0 Å². The summed E-state index contributed by atoms with van der Waals surface area (Å²) in [4.78, 5) is 38.1. The average molecular weight is 975 g/mol. The van der Waals surface area contributed by atoms with Crippen LogP contribution in [0, 0.1) is 0 Å². The molecule has 0 aliphatic rings. The quantitative estimate of drug-likeness (QED) is 0.0262. The molecule has 0 aromatic heterocycles. The van der Waals surface area contributed by atoms with Gasteiger partial charge in [-0.15, -0.1) is 0 Å². The Morgan fingerprint density at radius 1 is 0.282 bits per heavy atom. The van der Waals surface area contributed by atoms with Gasteiger partial charge < -0.3 is 14.2 Å². The maximum absolute atomic E-state index is 12.9. The zero-order valence-electron chi connectivity index (χ0n) is 44.9. The van der Waals surface area contributed by atoms with Crippen LogP contribution in [0.25, 0.3) is 0 Å². The lowest BCUT2D eigenvalue weighted by Gasteiger charge is -2.18. The Kier molecular flexibility index (Phi) is 53.1. The minimum Gasteiger partial charge on any atom is -0.462 e. The van der Waals surface area contributed by atoms with E-state index in [9.17, 15) is 14.4 Å². The zero-order valence-corrected chi connectivity index (χ0v) is 44.9. The highest BCUT2D eigenvalue weighted by Gasteiger charge is 2.19. The van der Waals surface area contributed by atoms with Gasteiger partial charge in [0.2, 0.25) is 0 Å². The van der Waals surface area contributed by atoms with Crippen molar-refractivity contribution >= 4 is 17.9 Å². The molecule has 0 spiro atoms. The lowest BCUT2D eigenvalue weighted by atomic mass is 10.1. The number of ether oxygens (including phenoxy) is 3. The van der Waals surface area contributed by atoms with Gasteiger partial charge in [-0.1, -0.05) is 217 Å². The van der Waals surface area contributed by atoms with E-state index in [0.717, 1.165) is 135 Å². The third-order valence-corrected chi connectivity index (χ3v) is 10.7. The van der Waals surface area contributed by atoms with E-state index in [2.05, 4.69) is 179 Å². The number of hydrogen-bond acceptors (Lipinski definition) is 6. The number of rotatable bonds is 47. The SMILES string of the molecule is CC/C=C\C/C=C\C/C=C\C/C=C\C/C=C\C/C=C\CCC(=O)OCC(COC(=O)CCCC/C=C\C/C=C\C/C=C\C/C=C\CC)OC(=O)CCCCCCCC/C=C\C/C=C\C/C=C\C/C=C\CC. The first-order chi connectivity index (χ1) is 35.0. The summed E-state index contributed by atoms with van der Waals surface area (Å²) in [7, 11) is 0. The van der Waals surface area contributed by atoms with Crippen LogP contribution in [0.15, 0.2) is 170 Å². The molecular formula is C65H98O6. The van der Waals surface area contributed by atoms with Crippen LogP contribution in [-0.2, 0) is 28.6 Å². The molecule has 394 valence electrons. The van der Waals surface area contributed by atoms with Gasteiger partial charge in [-0.3, -0.25) is 14.4 Å². The van der Waals surface area contributed by atoms with Crippen LogP contribution in [0.1, 0.15) is 201 Å². The molecule has 0 saturated carbocycles. The molecule has 1 atom stereocenters. The topological polar surface area (TPSA) is 78.9 Å². The predicted octanol–water partition coefficient (Wildman–Crippen LogP) is 18.8. The van der Waals surface area contributed by atoms with Crippen molar-refractivity contribution < 1.29 is 28.6 Å². The molecule has 1 unspecified atom stereocenters. The maximum atomic E-state index is 12.9. The highest BCUT2D eigenvalue weighted by atomic mass is 16.6. The first kappa shape index (κ1) is 65.8. The second kappa shape index (κ2) is 57.3. The number of esters is 3. The van der Waals surface area contributed by atoms with Crippen LogP contribution < -0.4 is 0 Å². The first-order valence-corrected chi connectivity index (χ1v) is 27.6. The molecule has 0 fully saturated rings. The van der Waals surface area contributed by atoms with E-state index in [0.29, 0.717) is 12.8 Å². The van der Waals surface area contributed by atoms with Crippen molar-refractivity contribution in [3.05, 3.63) is 170 Å². The minimum absolute atomic E-state index is 0.138. The Hall–Kier alpha value is -5.23. The van der Waals surface area contributed by atoms with Crippen LogP contribution in [0.5, 0.6) is 0 Å². The first-order valence-electron chi connectivity index (χ1n) is 27.6. The Labute approximate surface area is 434 Å². The van der Waals surface area contributed by atoms with Gasteiger partial charge in [0, 0.05) is 19.3 Å². The fraction of sp³-hybridized carbons (Fsp3) is 0.523. The standard InChI is InChI=1S/C65H98O6/c1-4-7-10-13-16-19-22-25-28-30-32-34-37-40-43-46-49-52-55-58-64(67)70-61-62(60-69-63(66)57-54-51-48-45-42-39-36-27-24-21-18-15-12-9-6-3)71-65(68)59-56-53-50-47-44-41-38-35-33-31-29-26-23-20-17-14-11-8-5-2/h7-12,16-21,25-29,32-36,40,42-43,45,49,52,62H,4-6,13-15,22-24,30-31,37-39,41,44,46-48,50-51,53-61H2,1-3H3/b10-7-,11-8-,12-9-,19-16-,20-17-,21-18-,28-25-,29-26-,34-32-,35-33-,36-27-,43-40-,45-42-,52-49-. The second-order valence-electron chi connectivity index (χ2n) is 17.3. The lowest BCUT2D eigenvalue weighted by molar-refractivity contribution is -0.166. The van der Waals surface area contributed by atoms with Crippen LogP contribution in [0.4, 0.5) is 0 Å². The van der Waals surface area contributed by atoms with Gasteiger partial charge in [0.25, 0.3) is 0 Å². The van der Waals surface area contributed by atoms with Crippen molar-refractivity contribution in [1.82, 2.24) is 0 Å². The summed E-state index contributed by atoms with van der Waals surface area (Å²) in [5.74, 6) is -1.09. The van der Waals surface area contributed by atoms with Crippen molar-refractivity contribution in [1.29, 1.82) is 0 Å². The summed E-state index contributed by atoms with van der Waals surface area (Å²) < 4.78 is 16.7. The lowest BCUT2D eigenvalue weighted by Crippen LogP contribution is -2.30. The van der Waals surface area contributed by atoms with Crippen LogP contribution in [0.2, 0.25) is 0 Å². The molecule has 0 aromatic carbocycles. The van der Waals surface area contributed by atoms with E-state index in [4.69, 9.17) is 14.2 Å². The Morgan fingerprint density at radius 3 is 0.901 bits per heavy atom. The predicted molar refractivity (Wildman–Crippen MR) is 306 cm³/mol. The number of unbranched alkanes of at least 4 members (excludes halogenated alkanes) is 8. The van der Waals surface area contributed by atoms with Gasteiger partial charge in [0.15, 0.2) is 6.10 Å². The largest absolute Gasteiger partial charge is 0.462 e. The van der Waals surface area contributed by atoms with Gasteiger partial charge in [-0.25, -0.2) is 0 Å². The third kappa shape index (κ3) is 55.6. The van der Waals surface area contributed by atoms with E-state index in [1.54, 1.807) is 0 Å². The second-order valence-corrected chi connectivity index (χ2v) is 17.3. The molecule has 0 heterocycles. The van der Waals surface area contributed by atoms with Crippen LogP contribution >= 0.6 is 0 Å². The number of hydrogen-bond donors (Lipinski definition) is 0. The fourth-order valence-electron chi connectivity index (χ4n) is 6.68. The highest BCUT2D eigenvalue weighted by molar-refractivity contribution is 5.71. The number of allylic oxidation sites excluding steroid dienone is 28. The molecule has 0 rings (SSSR count). The van der Waals surface area contributed by atoms with Crippen LogP contribution in [-0.4, -0.2) is 37.2 Å². The summed E-state index contributed by atoms with van der Waals surface area (Å²) in [6.07, 6.45) is 84.9. The van der Waals surface area contributed by atoms with Crippen molar-refractivity contribution in [2.24, 2.45) is 0 Å². The minimum atomic E-state index is -0.844. The van der Waals surface area contributed by atoms with E-state index in [1.165, 1.54) is 12.8 Å². The molecular weight excluding hydrogens is 877 g/mol. The molecule has 0 saturated heterocycles. The van der Waals surface area contributed by atoms with Crippen LogP contribution in [0.3, 0.4) is 0 Å². The molecule has 6 heteroatoms. The van der Waals surface area contributed by atoms with Gasteiger partial charge >= 0.3 is 17.9 Å². The molecule has 0 aliphatic carbocycles. The van der Waals surface area contributed by atoms with E-state index in [1.807, 2.05) is 12.2 Å². The summed E-state index contributed by atoms with van der Waals surface area (Å²) in [5, 5.41) is 0. The monoisotopic (exact) mass is 975 g/mol. The van der Waals surface area contributed by atoms with Crippen molar-refractivity contribution in [3.63, 3.8) is 0 Å². The third-order valence-electron chi connectivity index (χ3n) is 10.7. The fourth-order valence-corrected chi connectivity index (χ4v) is 6.68. The van der Waals surface area contributed by atoms with Gasteiger partial charge in [0.1, 0.15) is 13.2 Å². The molecule has 6 nitrogen and oxygen atoms in total.